The third-order valence-electron chi connectivity index (χ3n) is 2.74. The summed E-state index contributed by atoms with van der Waals surface area (Å²) < 4.78 is 19.0. The fourth-order valence-corrected chi connectivity index (χ4v) is 1.86. The molecule has 100 valence electrons. The van der Waals surface area contributed by atoms with Crippen molar-refractivity contribution in [3.8, 4) is 5.75 Å². The number of nitrogens with one attached hydrogen (secondary N) is 1. The number of benzene rings is 2. The van der Waals surface area contributed by atoms with Crippen LogP contribution in [0.1, 0.15) is 5.56 Å². The van der Waals surface area contributed by atoms with Crippen LogP contribution < -0.4 is 15.8 Å². The zero-order valence-corrected chi connectivity index (χ0v) is 11.4. The smallest absolute Gasteiger partial charge is 0.148 e. The highest BCUT2D eigenvalue weighted by molar-refractivity contribution is 6.31. The number of ether oxygens (including phenoxy) is 1. The Morgan fingerprint density at radius 1 is 1.21 bits per heavy atom. The minimum Gasteiger partial charge on any atom is -0.495 e. The second-order valence-electron chi connectivity index (χ2n) is 4.17. The molecule has 0 aliphatic rings. The van der Waals surface area contributed by atoms with E-state index in [0.717, 1.165) is 5.56 Å². The molecule has 0 atom stereocenters. The van der Waals surface area contributed by atoms with Gasteiger partial charge in [-0.3, -0.25) is 0 Å². The highest BCUT2D eigenvalue weighted by Gasteiger charge is 2.09. The van der Waals surface area contributed by atoms with E-state index in [0.29, 0.717) is 27.8 Å². The van der Waals surface area contributed by atoms with E-state index in [1.54, 1.807) is 24.3 Å². The molecule has 0 radical (unpaired) electrons. The number of methoxy groups -OCH3 is 1. The van der Waals surface area contributed by atoms with Crippen LogP contribution in [0, 0.1) is 12.7 Å². The first kappa shape index (κ1) is 13.5. The molecule has 3 N–H and O–H groups in total. The van der Waals surface area contributed by atoms with Gasteiger partial charge in [0.1, 0.15) is 11.6 Å². The van der Waals surface area contributed by atoms with Gasteiger partial charge in [-0.15, -0.1) is 0 Å². The van der Waals surface area contributed by atoms with Crippen molar-refractivity contribution in [2.45, 2.75) is 6.92 Å². The highest BCUT2D eigenvalue weighted by atomic mass is 35.5. The molecule has 0 aromatic heterocycles. The lowest BCUT2D eigenvalue weighted by atomic mass is 10.2. The van der Waals surface area contributed by atoms with Crippen LogP contribution in [0.3, 0.4) is 0 Å². The molecule has 0 aliphatic carbocycles. The van der Waals surface area contributed by atoms with Crippen molar-refractivity contribution in [3.63, 3.8) is 0 Å². The Labute approximate surface area is 116 Å². The Morgan fingerprint density at radius 3 is 2.58 bits per heavy atom. The number of hydrogen-bond acceptors (Lipinski definition) is 3. The van der Waals surface area contributed by atoms with Crippen molar-refractivity contribution in [1.29, 1.82) is 0 Å². The Hall–Kier alpha value is -1.94. The minimum atomic E-state index is -0.422. The molecule has 5 heteroatoms. The van der Waals surface area contributed by atoms with Crippen LogP contribution in [-0.2, 0) is 0 Å². The molecule has 0 heterocycles. The molecule has 2 rings (SSSR count). The molecule has 3 nitrogen and oxygen atoms in total. The first-order chi connectivity index (χ1) is 9.01. The zero-order chi connectivity index (χ0) is 14.0. The summed E-state index contributed by atoms with van der Waals surface area (Å²) >= 11 is 6.02. The van der Waals surface area contributed by atoms with Crippen molar-refractivity contribution in [2.24, 2.45) is 0 Å². The second-order valence-corrected chi connectivity index (χ2v) is 4.57. The van der Waals surface area contributed by atoms with E-state index >= 15 is 0 Å². The summed E-state index contributed by atoms with van der Waals surface area (Å²) in [5.74, 6) is 0.126. The van der Waals surface area contributed by atoms with Gasteiger partial charge in [0.2, 0.25) is 0 Å². The predicted octanol–water partition coefficient (Wildman–Crippen LogP) is 4.12. The van der Waals surface area contributed by atoms with Crippen molar-refractivity contribution in [2.75, 3.05) is 18.2 Å². The summed E-state index contributed by atoms with van der Waals surface area (Å²) in [5, 5.41) is 3.57. The minimum absolute atomic E-state index is 0.328. The Balaban J connectivity index is 2.40. The van der Waals surface area contributed by atoms with Gasteiger partial charge in [-0.1, -0.05) is 11.6 Å². The van der Waals surface area contributed by atoms with Crippen LogP contribution in [0.2, 0.25) is 5.02 Å². The van der Waals surface area contributed by atoms with Crippen LogP contribution in [-0.4, -0.2) is 7.11 Å². The molecule has 2 aromatic carbocycles. The molecule has 0 saturated carbocycles. The molecule has 0 fully saturated rings. The fraction of sp³-hybridized carbons (Fsp3) is 0.143. The molecule has 0 saturated heterocycles. The maximum atomic E-state index is 13.7. The van der Waals surface area contributed by atoms with Crippen LogP contribution in [0.5, 0.6) is 5.75 Å². The van der Waals surface area contributed by atoms with Gasteiger partial charge in [0.05, 0.1) is 18.5 Å². The lowest BCUT2D eigenvalue weighted by Gasteiger charge is -2.14. The highest BCUT2D eigenvalue weighted by Crippen LogP contribution is 2.33. The maximum Gasteiger partial charge on any atom is 0.148 e. The largest absolute Gasteiger partial charge is 0.495 e. The first-order valence-electron chi connectivity index (χ1n) is 5.67. The van der Waals surface area contributed by atoms with Gasteiger partial charge in [-0.05, 0) is 36.8 Å². The summed E-state index contributed by atoms with van der Waals surface area (Å²) in [4.78, 5) is 0. The van der Waals surface area contributed by atoms with Gasteiger partial charge in [-0.2, -0.15) is 0 Å². The van der Waals surface area contributed by atoms with E-state index < -0.39 is 5.82 Å². The Bertz CT molecular complexity index is 617. The lowest BCUT2D eigenvalue weighted by Crippen LogP contribution is -1.98. The monoisotopic (exact) mass is 280 g/mol. The van der Waals surface area contributed by atoms with Gasteiger partial charge in [0.25, 0.3) is 0 Å². The van der Waals surface area contributed by atoms with E-state index in [1.165, 1.54) is 13.2 Å². The van der Waals surface area contributed by atoms with E-state index in [-0.39, 0.29) is 0 Å². The molecular formula is C14H14ClFN2O. The summed E-state index contributed by atoms with van der Waals surface area (Å²) in [6, 6.07) is 7.96. The number of nitrogens with two attached hydrogens (primary N) is 1. The number of halogens is 2. The van der Waals surface area contributed by atoms with Crippen molar-refractivity contribution < 1.29 is 9.13 Å². The Morgan fingerprint density at radius 2 is 1.95 bits per heavy atom. The average Bonchev–Trinajstić information content (AvgIpc) is 2.36. The van der Waals surface area contributed by atoms with Crippen LogP contribution in [0.4, 0.5) is 21.5 Å². The number of nitrogen functional groups attached to an aromatic ring is 1. The van der Waals surface area contributed by atoms with Gasteiger partial charge in [0, 0.05) is 16.8 Å². The van der Waals surface area contributed by atoms with Crippen LogP contribution in [0.25, 0.3) is 0 Å². The molecule has 0 aliphatic heterocycles. The quantitative estimate of drug-likeness (QED) is 0.831. The Kier molecular flexibility index (Phi) is 3.81. The lowest BCUT2D eigenvalue weighted by molar-refractivity contribution is 0.416. The fourth-order valence-electron chi connectivity index (χ4n) is 1.71. The van der Waals surface area contributed by atoms with E-state index in [4.69, 9.17) is 22.1 Å². The number of rotatable bonds is 3. The number of aryl methyl sites for hydroxylation is 1. The van der Waals surface area contributed by atoms with Crippen LogP contribution in [0.15, 0.2) is 30.3 Å². The first-order valence-corrected chi connectivity index (χ1v) is 6.05. The topological polar surface area (TPSA) is 47.3 Å². The van der Waals surface area contributed by atoms with E-state index in [9.17, 15) is 4.39 Å². The standard InChI is InChI=1S/C14H14ClFN2O/c1-8-5-13(14(19-2)7-10(8)15)18-12-4-3-9(17)6-11(12)16/h3-7,18H,17H2,1-2H3. The summed E-state index contributed by atoms with van der Waals surface area (Å²) in [7, 11) is 1.53. The normalized spacial score (nSPS) is 10.3. The number of hydrogen-bond donors (Lipinski definition) is 2. The zero-order valence-electron chi connectivity index (χ0n) is 10.6. The summed E-state index contributed by atoms with van der Waals surface area (Å²) in [6.45, 7) is 1.87. The predicted molar refractivity (Wildman–Crippen MR) is 76.8 cm³/mol. The van der Waals surface area contributed by atoms with Crippen LogP contribution >= 0.6 is 11.6 Å². The van der Waals surface area contributed by atoms with E-state index in [2.05, 4.69) is 5.32 Å². The SMILES string of the molecule is COc1cc(Cl)c(C)cc1Nc1ccc(N)cc1F. The molecule has 0 unspecified atom stereocenters. The van der Waals surface area contributed by atoms with Crippen molar-refractivity contribution in [3.05, 3.63) is 46.7 Å². The molecule has 0 bridgehead atoms. The molecular weight excluding hydrogens is 267 g/mol. The number of anilines is 3. The molecule has 2 aromatic rings. The summed E-state index contributed by atoms with van der Waals surface area (Å²) in [6.07, 6.45) is 0. The third-order valence-corrected chi connectivity index (χ3v) is 3.15. The molecule has 0 spiro atoms. The van der Waals surface area contributed by atoms with Gasteiger partial charge in [0.15, 0.2) is 0 Å². The van der Waals surface area contributed by atoms with Gasteiger partial charge in [-0.25, -0.2) is 4.39 Å². The molecule has 19 heavy (non-hydrogen) atoms. The van der Waals surface area contributed by atoms with Gasteiger partial charge >= 0.3 is 0 Å². The second kappa shape index (κ2) is 5.36. The van der Waals surface area contributed by atoms with E-state index in [1.807, 2.05) is 6.92 Å². The average molecular weight is 281 g/mol. The van der Waals surface area contributed by atoms with Gasteiger partial charge < -0.3 is 15.8 Å². The maximum absolute atomic E-state index is 13.7. The van der Waals surface area contributed by atoms with Crippen molar-refractivity contribution >= 4 is 28.7 Å². The van der Waals surface area contributed by atoms with Crippen molar-refractivity contribution in [1.82, 2.24) is 0 Å². The third kappa shape index (κ3) is 2.90. The molecule has 0 amide bonds. The summed E-state index contributed by atoms with van der Waals surface area (Å²) in [5.41, 5.74) is 7.74.